The van der Waals surface area contributed by atoms with Crippen molar-refractivity contribution >= 4 is 9.84 Å². The van der Waals surface area contributed by atoms with E-state index in [2.05, 4.69) is 47.0 Å². The van der Waals surface area contributed by atoms with E-state index in [0.717, 1.165) is 36.4 Å². The molecular formula is C17H27N5O3S. The highest BCUT2D eigenvalue weighted by Gasteiger charge is 2.24. The average molecular weight is 382 g/mol. The molecule has 0 aromatic carbocycles. The van der Waals surface area contributed by atoms with Crippen molar-refractivity contribution in [3.05, 3.63) is 34.9 Å². The molecule has 3 heterocycles. The zero-order valence-corrected chi connectivity index (χ0v) is 16.5. The smallest absolute Gasteiger partial charge is 0.150 e. The summed E-state index contributed by atoms with van der Waals surface area (Å²) in [5, 5.41) is 22.0. The van der Waals surface area contributed by atoms with Crippen LogP contribution in [0.15, 0.2) is 12.1 Å². The Bertz CT molecular complexity index is 879. The molecule has 0 aliphatic carbocycles. The van der Waals surface area contributed by atoms with Crippen molar-refractivity contribution in [2.24, 2.45) is 0 Å². The van der Waals surface area contributed by atoms with E-state index < -0.39 is 15.9 Å². The van der Waals surface area contributed by atoms with Crippen molar-refractivity contribution in [1.82, 2.24) is 24.9 Å². The number of hydrogen-bond donors (Lipinski definition) is 2. The van der Waals surface area contributed by atoms with Gasteiger partial charge in [-0.25, -0.2) is 8.42 Å². The molecule has 2 N–H and O–H groups in total. The van der Waals surface area contributed by atoms with Gasteiger partial charge in [0, 0.05) is 37.0 Å². The SMILES string of the molecule is CC(C)(C)c1cc(CN2CCn3nc([C@H](O)CS(C)(=O)=O)cc3C2)[nH]n1. The summed E-state index contributed by atoms with van der Waals surface area (Å²) in [4.78, 5) is 2.28. The predicted molar refractivity (Wildman–Crippen MR) is 98.3 cm³/mol. The van der Waals surface area contributed by atoms with Gasteiger partial charge in [0.15, 0.2) is 0 Å². The maximum absolute atomic E-state index is 11.4. The summed E-state index contributed by atoms with van der Waals surface area (Å²) in [5.41, 5.74) is 3.53. The van der Waals surface area contributed by atoms with Crippen LogP contribution < -0.4 is 0 Å². The van der Waals surface area contributed by atoms with E-state index >= 15 is 0 Å². The Morgan fingerprint density at radius 3 is 2.65 bits per heavy atom. The van der Waals surface area contributed by atoms with Crippen molar-refractivity contribution in [1.29, 1.82) is 0 Å². The van der Waals surface area contributed by atoms with E-state index in [1.807, 2.05) is 4.68 Å². The van der Waals surface area contributed by atoms with E-state index in [0.29, 0.717) is 18.8 Å². The fraction of sp³-hybridized carbons (Fsp3) is 0.647. The van der Waals surface area contributed by atoms with Gasteiger partial charge in [0.25, 0.3) is 0 Å². The first kappa shape index (κ1) is 19.1. The van der Waals surface area contributed by atoms with Crippen LogP contribution in [0.1, 0.15) is 49.7 Å². The number of fused-ring (bicyclic) bond motifs is 1. The van der Waals surface area contributed by atoms with Gasteiger partial charge in [0.2, 0.25) is 0 Å². The summed E-state index contributed by atoms with van der Waals surface area (Å²) in [6, 6.07) is 3.91. The number of H-pyrrole nitrogens is 1. The van der Waals surface area contributed by atoms with Gasteiger partial charge in [0.1, 0.15) is 15.9 Å². The normalized spacial score (nSPS) is 17.3. The number of nitrogens with one attached hydrogen (secondary N) is 1. The van der Waals surface area contributed by atoms with Gasteiger partial charge in [-0.15, -0.1) is 0 Å². The number of aliphatic hydroxyl groups is 1. The fourth-order valence-corrected chi connectivity index (χ4v) is 3.82. The summed E-state index contributed by atoms with van der Waals surface area (Å²) >= 11 is 0. The van der Waals surface area contributed by atoms with E-state index in [1.165, 1.54) is 0 Å². The first-order valence-electron chi connectivity index (χ1n) is 8.71. The zero-order chi connectivity index (χ0) is 19.1. The van der Waals surface area contributed by atoms with Crippen molar-refractivity contribution in [2.45, 2.75) is 51.9 Å². The van der Waals surface area contributed by atoms with Crippen LogP contribution in [0.4, 0.5) is 0 Å². The molecule has 26 heavy (non-hydrogen) atoms. The van der Waals surface area contributed by atoms with Crippen LogP contribution in [0, 0.1) is 0 Å². The molecule has 0 fully saturated rings. The predicted octanol–water partition coefficient (Wildman–Crippen LogP) is 0.997. The lowest BCUT2D eigenvalue weighted by molar-refractivity contribution is 0.190. The van der Waals surface area contributed by atoms with Crippen LogP contribution in [0.25, 0.3) is 0 Å². The lowest BCUT2D eigenvalue weighted by Crippen LogP contribution is -2.33. The maximum Gasteiger partial charge on any atom is 0.150 e. The number of sulfone groups is 1. The lowest BCUT2D eigenvalue weighted by atomic mass is 9.92. The van der Waals surface area contributed by atoms with Gasteiger partial charge in [-0.05, 0) is 12.1 Å². The first-order chi connectivity index (χ1) is 12.0. The molecule has 8 nitrogen and oxygen atoms in total. The lowest BCUT2D eigenvalue weighted by Gasteiger charge is -2.26. The number of hydrogen-bond acceptors (Lipinski definition) is 6. The highest BCUT2D eigenvalue weighted by Crippen LogP contribution is 2.23. The molecule has 9 heteroatoms. The maximum atomic E-state index is 11.4. The minimum absolute atomic E-state index is 0.0138. The van der Waals surface area contributed by atoms with Gasteiger partial charge >= 0.3 is 0 Å². The second kappa shape index (κ2) is 6.79. The minimum Gasteiger partial charge on any atom is -0.386 e. The second-order valence-electron chi connectivity index (χ2n) is 8.13. The Balaban J connectivity index is 1.67. The van der Waals surface area contributed by atoms with Crippen LogP contribution in [-0.2, 0) is 34.9 Å². The Hall–Kier alpha value is -1.71. The highest BCUT2D eigenvalue weighted by atomic mass is 32.2. The average Bonchev–Trinajstić information content (AvgIpc) is 3.11. The highest BCUT2D eigenvalue weighted by molar-refractivity contribution is 7.90. The fourth-order valence-electron chi connectivity index (χ4n) is 3.08. The van der Waals surface area contributed by atoms with Gasteiger partial charge in [-0.2, -0.15) is 10.2 Å². The molecule has 0 bridgehead atoms. The molecule has 2 aromatic heterocycles. The Morgan fingerprint density at radius 2 is 2.04 bits per heavy atom. The molecule has 0 spiro atoms. The second-order valence-corrected chi connectivity index (χ2v) is 10.3. The summed E-state index contributed by atoms with van der Waals surface area (Å²) in [7, 11) is -3.25. The molecule has 1 aliphatic rings. The van der Waals surface area contributed by atoms with Gasteiger partial charge < -0.3 is 5.11 Å². The van der Waals surface area contributed by atoms with Crippen molar-refractivity contribution in [3.8, 4) is 0 Å². The zero-order valence-electron chi connectivity index (χ0n) is 15.7. The van der Waals surface area contributed by atoms with Crippen molar-refractivity contribution in [3.63, 3.8) is 0 Å². The molecule has 0 saturated carbocycles. The monoisotopic (exact) mass is 381 g/mol. The largest absolute Gasteiger partial charge is 0.386 e. The van der Waals surface area contributed by atoms with Gasteiger partial charge in [0.05, 0.1) is 29.4 Å². The molecular weight excluding hydrogens is 354 g/mol. The summed E-state index contributed by atoms with van der Waals surface area (Å²) in [5.74, 6) is -0.309. The molecule has 0 unspecified atom stereocenters. The standard InChI is InChI=1S/C17H27N5O3S/c1-17(2,3)16-7-12(18-19-16)9-21-5-6-22-13(10-21)8-14(20-22)15(23)11-26(4,24)25/h7-8,15,23H,5-6,9-11H2,1-4H3,(H,18,19)/t15-/m1/s1. The third kappa shape index (κ3) is 4.52. The molecule has 0 amide bonds. The summed E-state index contributed by atoms with van der Waals surface area (Å²) in [6.07, 6.45) is 0.0305. The summed E-state index contributed by atoms with van der Waals surface area (Å²) in [6.45, 7) is 9.40. The number of rotatable bonds is 5. The molecule has 3 rings (SSSR count). The van der Waals surface area contributed by atoms with Crippen LogP contribution in [-0.4, -0.2) is 57.0 Å². The Morgan fingerprint density at radius 1 is 1.31 bits per heavy atom. The minimum atomic E-state index is -3.25. The van der Waals surface area contributed by atoms with Crippen LogP contribution in [0.2, 0.25) is 0 Å². The van der Waals surface area contributed by atoms with Gasteiger partial charge in [-0.3, -0.25) is 14.7 Å². The third-order valence-electron chi connectivity index (χ3n) is 4.49. The first-order valence-corrected chi connectivity index (χ1v) is 10.8. The van der Waals surface area contributed by atoms with E-state index in [4.69, 9.17) is 0 Å². The Labute approximate surface area is 154 Å². The third-order valence-corrected chi connectivity index (χ3v) is 5.41. The van der Waals surface area contributed by atoms with E-state index in [-0.39, 0.29) is 11.2 Å². The van der Waals surface area contributed by atoms with Crippen LogP contribution >= 0.6 is 0 Å². The topological polar surface area (TPSA) is 104 Å². The van der Waals surface area contributed by atoms with Crippen LogP contribution in [0.3, 0.4) is 0 Å². The molecule has 1 atom stereocenters. The number of aromatic amines is 1. The van der Waals surface area contributed by atoms with Crippen LogP contribution in [0.5, 0.6) is 0 Å². The van der Waals surface area contributed by atoms with Crippen molar-refractivity contribution < 1.29 is 13.5 Å². The quantitative estimate of drug-likeness (QED) is 0.801. The molecule has 1 aliphatic heterocycles. The van der Waals surface area contributed by atoms with E-state index in [9.17, 15) is 13.5 Å². The summed E-state index contributed by atoms with van der Waals surface area (Å²) < 4.78 is 24.6. The molecule has 0 saturated heterocycles. The number of aromatic nitrogens is 4. The Kier molecular flexibility index (Phi) is 4.98. The number of aliphatic hydroxyl groups excluding tert-OH is 1. The van der Waals surface area contributed by atoms with E-state index in [1.54, 1.807) is 6.07 Å². The molecule has 2 aromatic rings. The molecule has 144 valence electrons. The van der Waals surface area contributed by atoms with Crippen molar-refractivity contribution in [2.75, 3.05) is 18.6 Å². The van der Waals surface area contributed by atoms with Gasteiger partial charge in [-0.1, -0.05) is 20.8 Å². The molecule has 0 radical (unpaired) electrons. The number of nitrogens with zero attached hydrogens (tertiary/aromatic N) is 4.